The van der Waals surface area contributed by atoms with E-state index < -0.39 is 0 Å². The molecule has 0 radical (unpaired) electrons. The highest BCUT2D eigenvalue weighted by Gasteiger charge is 2.16. The summed E-state index contributed by atoms with van der Waals surface area (Å²) in [5, 5.41) is 28.3. The summed E-state index contributed by atoms with van der Waals surface area (Å²) in [5.74, 6) is 0.774. The average Bonchev–Trinajstić information content (AvgIpc) is 3.04. The molecule has 6 heteroatoms. The first-order valence-electron chi connectivity index (χ1n) is 8.51. The first-order chi connectivity index (χ1) is 13.0. The molecular formula is C21H18N4O2. The van der Waals surface area contributed by atoms with Crippen LogP contribution < -0.4 is 0 Å². The molecule has 2 aromatic carbocycles. The number of phenolic OH excluding ortho intramolecular Hbond substituents is 1. The highest BCUT2D eigenvalue weighted by atomic mass is 16.3. The summed E-state index contributed by atoms with van der Waals surface area (Å²) in [6.45, 7) is 4.10. The molecule has 0 aliphatic carbocycles. The molecule has 4 aromatic rings. The summed E-state index contributed by atoms with van der Waals surface area (Å²) in [4.78, 5) is 4.60. The number of aromatic nitrogens is 2. The normalized spacial score (nSPS) is 11.5. The van der Waals surface area contributed by atoms with Gasteiger partial charge in [-0.05, 0) is 67.4 Å². The van der Waals surface area contributed by atoms with Crippen molar-refractivity contribution in [2.75, 3.05) is 0 Å². The number of fused-ring (bicyclic) bond motifs is 1. The van der Waals surface area contributed by atoms with Crippen LogP contribution in [-0.4, -0.2) is 19.6 Å². The number of benzene rings is 2. The molecular weight excluding hydrogens is 340 g/mol. The molecule has 134 valence electrons. The summed E-state index contributed by atoms with van der Waals surface area (Å²) in [6.07, 6.45) is 1.79. The fourth-order valence-corrected chi connectivity index (χ4v) is 2.84. The van der Waals surface area contributed by atoms with Crippen molar-refractivity contribution in [3.8, 4) is 22.8 Å². The molecule has 0 atom stereocenters. The van der Waals surface area contributed by atoms with Gasteiger partial charge in [-0.3, -0.25) is 4.40 Å². The Bertz CT molecular complexity index is 1160. The molecule has 0 aliphatic rings. The van der Waals surface area contributed by atoms with Crippen LogP contribution in [-0.2, 0) is 0 Å². The first kappa shape index (κ1) is 16.8. The van der Waals surface area contributed by atoms with E-state index in [1.54, 1.807) is 47.0 Å². The number of rotatable bonds is 3. The zero-order valence-electron chi connectivity index (χ0n) is 15.0. The van der Waals surface area contributed by atoms with E-state index in [2.05, 4.69) is 22.1 Å². The molecule has 4 rings (SSSR count). The van der Waals surface area contributed by atoms with Crippen molar-refractivity contribution < 1.29 is 10.2 Å². The summed E-state index contributed by atoms with van der Waals surface area (Å²) in [7, 11) is 0. The third-order valence-electron chi connectivity index (χ3n) is 4.49. The largest absolute Gasteiger partial charge is 0.508 e. The maximum atomic E-state index is 10.2. The van der Waals surface area contributed by atoms with Crippen molar-refractivity contribution in [2.45, 2.75) is 13.8 Å². The van der Waals surface area contributed by atoms with E-state index in [4.69, 9.17) is 0 Å². The van der Waals surface area contributed by atoms with Gasteiger partial charge in [0.2, 0.25) is 0 Å². The number of pyridine rings is 1. The fraction of sp³-hybridized carbons (Fsp3) is 0.0952. The van der Waals surface area contributed by atoms with Crippen molar-refractivity contribution in [3.05, 3.63) is 71.9 Å². The van der Waals surface area contributed by atoms with Crippen molar-refractivity contribution in [1.82, 2.24) is 9.38 Å². The van der Waals surface area contributed by atoms with Crippen molar-refractivity contribution in [3.63, 3.8) is 0 Å². The number of aromatic hydroxyl groups is 2. The highest BCUT2D eigenvalue weighted by molar-refractivity contribution is 5.77. The Morgan fingerprint density at radius 1 is 0.889 bits per heavy atom. The standard InChI is InChI=1S/C21H18N4O2/c1-13-5-6-15(12-14(13)2)19-21(24-23-16-7-9-17(26)10-8-16)25-11-3-4-18(27)20(25)22-19/h3-12,26-27H,1-2H3. The van der Waals surface area contributed by atoms with Crippen LogP contribution >= 0.6 is 0 Å². The summed E-state index contributed by atoms with van der Waals surface area (Å²) in [5.41, 5.74) is 4.91. The van der Waals surface area contributed by atoms with E-state index in [0.717, 1.165) is 11.1 Å². The second kappa shape index (κ2) is 6.57. The van der Waals surface area contributed by atoms with Gasteiger partial charge in [0, 0.05) is 11.8 Å². The number of phenols is 1. The minimum atomic E-state index is 0.0775. The van der Waals surface area contributed by atoms with Crippen LogP contribution in [0.4, 0.5) is 11.5 Å². The number of aryl methyl sites for hydroxylation is 2. The molecule has 0 unspecified atom stereocenters. The average molecular weight is 358 g/mol. The lowest BCUT2D eigenvalue weighted by Crippen LogP contribution is -1.84. The number of nitrogens with zero attached hydrogens (tertiary/aromatic N) is 4. The molecule has 0 saturated heterocycles. The molecule has 0 amide bonds. The quantitative estimate of drug-likeness (QED) is 0.478. The number of hydrogen-bond acceptors (Lipinski definition) is 5. The van der Waals surface area contributed by atoms with Gasteiger partial charge in [-0.25, -0.2) is 4.98 Å². The molecule has 0 saturated carbocycles. The Morgan fingerprint density at radius 3 is 2.41 bits per heavy atom. The minimum Gasteiger partial charge on any atom is -0.508 e. The lowest BCUT2D eigenvalue weighted by molar-refractivity contribution is 0.475. The molecule has 0 bridgehead atoms. The molecule has 2 heterocycles. The molecule has 2 aromatic heterocycles. The van der Waals surface area contributed by atoms with Crippen LogP contribution in [0.5, 0.6) is 11.5 Å². The highest BCUT2D eigenvalue weighted by Crippen LogP contribution is 2.35. The van der Waals surface area contributed by atoms with E-state index in [1.807, 2.05) is 25.1 Å². The van der Waals surface area contributed by atoms with Crippen LogP contribution in [0.15, 0.2) is 71.0 Å². The van der Waals surface area contributed by atoms with Gasteiger partial charge in [-0.1, -0.05) is 12.1 Å². The van der Waals surface area contributed by atoms with Crippen LogP contribution in [0.1, 0.15) is 11.1 Å². The van der Waals surface area contributed by atoms with E-state index in [-0.39, 0.29) is 11.5 Å². The molecule has 0 spiro atoms. The van der Waals surface area contributed by atoms with Crippen LogP contribution in [0.2, 0.25) is 0 Å². The molecule has 27 heavy (non-hydrogen) atoms. The van der Waals surface area contributed by atoms with Gasteiger partial charge in [0.1, 0.15) is 11.4 Å². The van der Waals surface area contributed by atoms with E-state index in [1.165, 1.54) is 5.56 Å². The summed E-state index contributed by atoms with van der Waals surface area (Å²) < 4.78 is 1.71. The molecule has 6 nitrogen and oxygen atoms in total. The molecule has 0 aliphatic heterocycles. The van der Waals surface area contributed by atoms with E-state index >= 15 is 0 Å². The van der Waals surface area contributed by atoms with Crippen LogP contribution in [0, 0.1) is 13.8 Å². The Morgan fingerprint density at radius 2 is 1.67 bits per heavy atom. The zero-order valence-corrected chi connectivity index (χ0v) is 15.0. The predicted molar refractivity (Wildman–Crippen MR) is 104 cm³/mol. The smallest absolute Gasteiger partial charge is 0.187 e. The summed E-state index contributed by atoms with van der Waals surface area (Å²) in [6, 6.07) is 15.9. The van der Waals surface area contributed by atoms with Gasteiger partial charge in [-0.15, -0.1) is 10.2 Å². The predicted octanol–water partition coefficient (Wildman–Crippen LogP) is 5.44. The van der Waals surface area contributed by atoms with Gasteiger partial charge < -0.3 is 10.2 Å². The maximum absolute atomic E-state index is 10.2. The van der Waals surface area contributed by atoms with Gasteiger partial charge in [0.25, 0.3) is 0 Å². The lowest BCUT2D eigenvalue weighted by Gasteiger charge is -2.04. The second-order valence-corrected chi connectivity index (χ2v) is 6.39. The van der Waals surface area contributed by atoms with Gasteiger partial charge in [-0.2, -0.15) is 0 Å². The van der Waals surface area contributed by atoms with Crippen molar-refractivity contribution >= 4 is 17.2 Å². The lowest BCUT2D eigenvalue weighted by atomic mass is 10.0. The third kappa shape index (κ3) is 3.13. The number of imidazole rings is 1. The summed E-state index contributed by atoms with van der Waals surface area (Å²) >= 11 is 0. The Hall–Kier alpha value is -3.67. The Kier molecular flexibility index (Phi) is 4.08. The van der Waals surface area contributed by atoms with Crippen LogP contribution in [0.25, 0.3) is 16.9 Å². The third-order valence-corrected chi connectivity index (χ3v) is 4.49. The minimum absolute atomic E-state index is 0.0775. The molecule has 2 N–H and O–H groups in total. The van der Waals surface area contributed by atoms with E-state index in [9.17, 15) is 10.2 Å². The van der Waals surface area contributed by atoms with Gasteiger partial charge in [0.15, 0.2) is 17.2 Å². The SMILES string of the molecule is Cc1ccc(-c2nc3c(O)cccn3c2N=Nc2ccc(O)cc2)cc1C. The topological polar surface area (TPSA) is 82.5 Å². The zero-order chi connectivity index (χ0) is 19.0. The monoisotopic (exact) mass is 358 g/mol. The van der Waals surface area contributed by atoms with E-state index in [0.29, 0.717) is 22.8 Å². The Balaban J connectivity index is 1.90. The maximum Gasteiger partial charge on any atom is 0.187 e. The molecule has 0 fully saturated rings. The Labute approximate surface area is 156 Å². The number of azo groups is 1. The number of hydrogen-bond donors (Lipinski definition) is 2. The van der Waals surface area contributed by atoms with Crippen molar-refractivity contribution in [1.29, 1.82) is 0 Å². The van der Waals surface area contributed by atoms with Gasteiger partial charge >= 0.3 is 0 Å². The van der Waals surface area contributed by atoms with Crippen LogP contribution in [0.3, 0.4) is 0 Å². The second-order valence-electron chi connectivity index (χ2n) is 6.39. The van der Waals surface area contributed by atoms with Gasteiger partial charge in [0.05, 0.1) is 5.69 Å². The first-order valence-corrected chi connectivity index (χ1v) is 8.51. The fourth-order valence-electron chi connectivity index (χ4n) is 2.84. The van der Waals surface area contributed by atoms with Crippen molar-refractivity contribution in [2.24, 2.45) is 10.2 Å².